The third kappa shape index (κ3) is 3.99. The molecule has 0 radical (unpaired) electrons. The quantitative estimate of drug-likeness (QED) is 0.380. The SMILES string of the molecule is CCC(C)(C)C(=O)OC1(C)C2CC3C(=O)OC1C3C2.CCC(C)(C)C(=O)OC1C2CC3C(=O)OC1C3C2. The predicted molar refractivity (Wildman–Crippen MR) is 132 cm³/mol. The Morgan fingerprint density at radius 1 is 0.865 bits per heavy atom. The Bertz CT molecular complexity index is 1000. The molecule has 6 fully saturated rings. The number of hydrogen-bond donors (Lipinski definition) is 0. The molecule has 2 heterocycles. The molecule has 0 amide bonds. The third-order valence-corrected chi connectivity index (χ3v) is 10.8. The minimum absolute atomic E-state index is 0.0564. The highest BCUT2D eigenvalue weighted by molar-refractivity contribution is 5.79. The summed E-state index contributed by atoms with van der Waals surface area (Å²) in [6.45, 7) is 13.5. The van der Waals surface area contributed by atoms with E-state index in [0.717, 1.165) is 38.5 Å². The van der Waals surface area contributed by atoms with Crippen LogP contribution in [0.2, 0.25) is 0 Å². The van der Waals surface area contributed by atoms with Crippen molar-refractivity contribution in [2.45, 2.75) is 111 Å². The molecule has 0 N–H and O–H groups in total. The average molecular weight is 519 g/mol. The zero-order valence-electron chi connectivity index (χ0n) is 23.2. The lowest BCUT2D eigenvalue weighted by atomic mass is 9.79. The Morgan fingerprint density at radius 3 is 2.11 bits per heavy atom. The highest BCUT2D eigenvalue weighted by Crippen LogP contribution is 2.60. The molecule has 0 aromatic rings. The largest absolute Gasteiger partial charge is 0.458 e. The van der Waals surface area contributed by atoms with Gasteiger partial charge < -0.3 is 18.9 Å². The van der Waals surface area contributed by atoms with E-state index in [-0.39, 0.29) is 65.9 Å². The molecule has 4 saturated carbocycles. The molecule has 0 aromatic heterocycles. The van der Waals surface area contributed by atoms with Crippen LogP contribution in [0.1, 0.15) is 87.0 Å². The van der Waals surface area contributed by atoms with Gasteiger partial charge in [-0.05, 0) is 73.1 Å². The summed E-state index contributed by atoms with van der Waals surface area (Å²) in [5.74, 6) is 0.781. The Kier molecular flexibility index (Phi) is 6.23. The smallest absolute Gasteiger partial charge is 0.312 e. The molecule has 6 aliphatic rings. The minimum atomic E-state index is -0.614. The third-order valence-electron chi connectivity index (χ3n) is 10.8. The van der Waals surface area contributed by atoms with Crippen LogP contribution >= 0.6 is 0 Å². The maximum Gasteiger partial charge on any atom is 0.312 e. The van der Waals surface area contributed by atoms with Crippen molar-refractivity contribution in [3.05, 3.63) is 0 Å². The van der Waals surface area contributed by atoms with Crippen LogP contribution in [-0.2, 0) is 38.1 Å². The van der Waals surface area contributed by atoms with Crippen molar-refractivity contribution in [2.24, 2.45) is 46.3 Å². The van der Waals surface area contributed by atoms with Crippen LogP contribution in [0.15, 0.2) is 0 Å². The summed E-state index contributed by atoms with van der Waals surface area (Å²) in [6.07, 6.45) is 4.49. The molecule has 2 saturated heterocycles. The van der Waals surface area contributed by atoms with Crippen molar-refractivity contribution in [3.8, 4) is 0 Å². The van der Waals surface area contributed by atoms with Crippen LogP contribution in [0.5, 0.6) is 0 Å². The molecule has 10 atom stereocenters. The van der Waals surface area contributed by atoms with Gasteiger partial charge in [0.05, 0.1) is 22.7 Å². The summed E-state index contributed by atoms with van der Waals surface area (Å²) < 4.78 is 22.4. The molecule has 0 spiro atoms. The molecule has 4 bridgehead atoms. The van der Waals surface area contributed by atoms with E-state index in [2.05, 4.69) is 0 Å². The zero-order chi connectivity index (χ0) is 27.1. The summed E-state index contributed by atoms with van der Waals surface area (Å²) in [5.41, 5.74) is -1.55. The van der Waals surface area contributed by atoms with Crippen LogP contribution < -0.4 is 0 Å². The maximum absolute atomic E-state index is 12.3. The fourth-order valence-electron chi connectivity index (χ4n) is 7.33. The number of fused-ring (bicyclic) bond motifs is 2. The van der Waals surface area contributed by atoms with E-state index >= 15 is 0 Å². The molecule has 4 aliphatic carbocycles. The van der Waals surface area contributed by atoms with Gasteiger partial charge in [-0.2, -0.15) is 0 Å². The molecule has 6 rings (SSSR count). The van der Waals surface area contributed by atoms with E-state index in [4.69, 9.17) is 18.9 Å². The lowest BCUT2D eigenvalue weighted by molar-refractivity contribution is -0.188. The summed E-state index contributed by atoms with van der Waals surface area (Å²) in [7, 11) is 0. The van der Waals surface area contributed by atoms with E-state index < -0.39 is 16.4 Å². The van der Waals surface area contributed by atoms with Gasteiger partial charge in [0, 0.05) is 23.7 Å². The first-order valence-electron chi connectivity index (χ1n) is 14.1. The Labute approximate surface area is 219 Å². The van der Waals surface area contributed by atoms with Gasteiger partial charge in [0.25, 0.3) is 0 Å². The lowest BCUT2D eigenvalue weighted by Gasteiger charge is -2.38. The first-order chi connectivity index (χ1) is 17.2. The molecule has 8 nitrogen and oxygen atoms in total. The number of carbonyl (C=O) groups excluding carboxylic acids is 4. The molecular weight excluding hydrogens is 476 g/mol. The van der Waals surface area contributed by atoms with Crippen LogP contribution in [0, 0.1) is 46.3 Å². The van der Waals surface area contributed by atoms with Crippen LogP contribution in [0.4, 0.5) is 0 Å². The summed E-state index contributed by atoms with van der Waals surface area (Å²) >= 11 is 0. The highest BCUT2D eigenvalue weighted by atomic mass is 16.6. The van der Waals surface area contributed by atoms with E-state index in [1.807, 2.05) is 48.5 Å². The Hall–Kier alpha value is -2.12. The topological polar surface area (TPSA) is 105 Å². The van der Waals surface area contributed by atoms with Crippen molar-refractivity contribution in [1.29, 1.82) is 0 Å². The van der Waals surface area contributed by atoms with Gasteiger partial charge in [-0.3, -0.25) is 19.2 Å². The van der Waals surface area contributed by atoms with Gasteiger partial charge in [-0.25, -0.2) is 0 Å². The Balaban J connectivity index is 0.000000152. The van der Waals surface area contributed by atoms with Crippen molar-refractivity contribution < 1.29 is 38.1 Å². The van der Waals surface area contributed by atoms with Gasteiger partial charge in [0.15, 0.2) is 0 Å². The minimum Gasteiger partial charge on any atom is -0.458 e. The second kappa shape index (κ2) is 8.70. The van der Waals surface area contributed by atoms with Crippen LogP contribution in [0.25, 0.3) is 0 Å². The lowest BCUT2D eigenvalue weighted by Crippen LogP contribution is -2.49. The first-order valence-corrected chi connectivity index (χ1v) is 14.1. The number of esters is 4. The van der Waals surface area contributed by atoms with Crippen molar-refractivity contribution in [1.82, 2.24) is 0 Å². The first kappa shape index (κ1) is 26.5. The molecule has 37 heavy (non-hydrogen) atoms. The van der Waals surface area contributed by atoms with Crippen molar-refractivity contribution >= 4 is 23.9 Å². The number of ether oxygens (including phenoxy) is 4. The van der Waals surface area contributed by atoms with Gasteiger partial charge in [-0.15, -0.1) is 0 Å². The summed E-state index contributed by atoms with van der Waals surface area (Å²) in [6, 6.07) is 0. The van der Waals surface area contributed by atoms with E-state index in [9.17, 15) is 19.2 Å². The van der Waals surface area contributed by atoms with Crippen molar-refractivity contribution in [2.75, 3.05) is 0 Å². The monoisotopic (exact) mass is 518 g/mol. The van der Waals surface area contributed by atoms with Crippen LogP contribution in [-0.4, -0.2) is 47.8 Å². The predicted octanol–water partition coefficient (Wildman–Crippen LogP) is 4.22. The van der Waals surface area contributed by atoms with Gasteiger partial charge in [0.2, 0.25) is 0 Å². The van der Waals surface area contributed by atoms with E-state index in [0.29, 0.717) is 11.8 Å². The summed E-state index contributed by atoms with van der Waals surface area (Å²) in [4.78, 5) is 47.8. The molecular formula is C29H42O8. The second-order valence-corrected chi connectivity index (χ2v) is 13.6. The highest BCUT2D eigenvalue weighted by Gasteiger charge is 2.69. The number of rotatable bonds is 6. The molecule has 8 heteroatoms. The molecule has 206 valence electrons. The van der Waals surface area contributed by atoms with E-state index in [1.165, 1.54) is 0 Å². The second-order valence-electron chi connectivity index (χ2n) is 13.6. The van der Waals surface area contributed by atoms with Crippen molar-refractivity contribution in [3.63, 3.8) is 0 Å². The average Bonchev–Trinajstić information content (AvgIpc) is 3.64. The zero-order valence-corrected chi connectivity index (χ0v) is 23.2. The summed E-state index contributed by atoms with van der Waals surface area (Å²) in [5, 5.41) is 0. The molecule has 2 aliphatic heterocycles. The molecule has 10 unspecified atom stereocenters. The van der Waals surface area contributed by atoms with Gasteiger partial charge in [-0.1, -0.05) is 13.8 Å². The fourth-order valence-corrected chi connectivity index (χ4v) is 7.33. The van der Waals surface area contributed by atoms with Gasteiger partial charge >= 0.3 is 23.9 Å². The molecule has 0 aromatic carbocycles. The van der Waals surface area contributed by atoms with Gasteiger partial charge in [0.1, 0.15) is 23.9 Å². The fraction of sp³-hybridized carbons (Fsp3) is 0.862. The normalized spacial score (nSPS) is 42.3. The van der Waals surface area contributed by atoms with E-state index in [1.54, 1.807) is 0 Å². The Morgan fingerprint density at radius 2 is 1.46 bits per heavy atom. The standard InChI is InChI=1S/C15H22O4.C14H20O4/c1-5-14(2,3)13(17)19-15(4)8-6-9-10(7-8)12(16)18-11(9)15;1-4-14(2,3)13(16)18-10-7-5-8-9(6-7)12(15)17-11(8)10/h8-11H,5-7H2,1-4H3;7-11H,4-6H2,1-3H3. The number of carbonyl (C=O) groups is 4. The van der Waals surface area contributed by atoms with Crippen LogP contribution in [0.3, 0.4) is 0 Å². The number of hydrogen-bond acceptors (Lipinski definition) is 8. The maximum atomic E-state index is 12.3.